The monoisotopic (exact) mass is 250 g/mol. The highest BCUT2D eigenvalue weighted by atomic mass is 16.2. The van der Waals surface area contributed by atoms with Gasteiger partial charge in [0.25, 0.3) is 5.91 Å². The van der Waals surface area contributed by atoms with Crippen LogP contribution in [0.5, 0.6) is 0 Å². The van der Waals surface area contributed by atoms with E-state index in [9.17, 15) is 9.59 Å². The van der Waals surface area contributed by atoms with Crippen LogP contribution >= 0.6 is 0 Å². The normalized spacial score (nSPS) is 9.83. The molecule has 0 aliphatic carbocycles. The Morgan fingerprint density at radius 2 is 2.06 bits per heavy atom. The van der Waals surface area contributed by atoms with Crippen LogP contribution in [0.1, 0.15) is 30.3 Å². The van der Waals surface area contributed by atoms with Crippen LogP contribution < -0.4 is 16.4 Å². The third-order valence-electron chi connectivity index (χ3n) is 2.23. The van der Waals surface area contributed by atoms with E-state index < -0.39 is 0 Å². The van der Waals surface area contributed by atoms with E-state index in [1.165, 1.54) is 6.20 Å². The molecule has 2 amide bonds. The van der Waals surface area contributed by atoms with Crippen molar-refractivity contribution < 1.29 is 9.59 Å². The Kier molecular flexibility index (Phi) is 5.63. The maximum atomic E-state index is 11.6. The lowest BCUT2D eigenvalue weighted by Crippen LogP contribution is -2.31. The summed E-state index contributed by atoms with van der Waals surface area (Å²) in [5.74, 6) is -0.374. The van der Waals surface area contributed by atoms with Crippen molar-refractivity contribution in [2.45, 2.75) is 19.8 Å². The first-order valence-corrected chi connectivity index (χ1v) is 5.90. The number of rotatable bonds is 6. The van der Waals surface area contributed by atoms with E-state index in [-0.39, 0.29) is 23.9 Å². The number of carbonyl (C=O) groups excluding carboxylic acids is 2. The summed E-state index contributed by atoms with van der Waals surface area (Å²) >= 11 is 0. The number of nitrogens with zero attached hydrogens (tertiary/aromatic N) is 1. The summed E-state index contributed by atoms with van der Waals surface area (Å²) in [7, 11) is 0. The molecule has 0 radical (unpaired) electrons. The van der Waals surface area contributed by atoms with Gasteiger partial charge in [-0.1, -0.05) is 6.92 Å². The molecule has 0 aliphatic rings. The quantitative estimate of drug-likeness (QED) is 0.677. The number of amides is 2. The molecule has 0 atom stereocenters. The van der Waals surface area contributed by atoms with Gasteiger partial charge in [-0.15, -0.1) is 0 Å². The molecule has 0 saturated heterocycles. The second-order valence-electron chi connectivity index (χ2n) is 3.83. The maximum Gasteiger partial charge on any atom is 0.269 e. The van der Waals surface area contributed by atoms with Crippen LogP contribution in [-0.2, 0) is 4.79 Å². The van der Waals surface area contributed by atoms with Crippen molar-refractivity contribution >= 4 is 17.5 Å². The van der Waals surface area contributed by atoms with Crippen molar-refractivity contribution in [2.24, 2.45) is 0 Å². The van der Waals surface area contributed by atoms with Crippen LogP contribution in [0.4, 0.5) is 5.69 Å². The summed E-state index contributed by atoms with van der Waals surface area (Å²) in [5.41, 5.74) is 6.26. The summed E-state index contributed by atoms with van der Waals surface area (Å²) < 4.78 is 0. The summed E-state index contributed by atoms with van der Waals surface area (Å²) in [6.07, 6.45) is 2.58. The van der Waals surface area contributed by atoms with Gasteiger partial charge in [-0.3, -0.25) is 9.59 Å². The molecule has 98 valence electrons. The molecule has 1 heterocycles. The molecular weight excluding hydrogens is 232 g/mol. The fourth-order valence-corrected chi connectivity index (χ4v) is 1.27. The average molecular weight is 250 g/mol. The zero-order chi connectivity index (χ0) is 13.4. The first-order valence-electron chi connectivity index (χ1n) is 5.90. The molecule has 6 heteroatoms. The first-order chi connectivity index (χ1) is 8.63. The van der Waals surface area contributed by atoms with Gasteiger partial charge in [0.1, 0.15) is 5.69 Å². The third-order valence-corrected chi connectivity index (χ3v) is 2.23. The Balaban J connectivity index is 2.29. The number of pyridine rings is 1. The predicted molar refractivity (Wildman–Crippen MR) is 68.9 cm³/mol. The van der Waals surface area contributed by atoms with E-state index in [2.05, 4.69) is 15.6 Å². The molecule has 0 bridgehead atoms. The lowest BCUT2D eigenvalue weighted by atomic mass is 10.3. The molecule has 18 heavy (non-hydrogen) atoms. The minimum absolute atomic E-state index is 0.0672. The van der Waals surface area contributed by atoms with Gasteiger partial charge in [-0.25, -0.2) is 4.98 Å². The molecule has 0 saturated carbocycles. The molecule has 0 spiro atoms. The molecule has 1 aromatic heterocycles. The van der Waals surface area contributed by atoms with Crippen LogP contribution in [0.2, 0.25) is 0 Å². The average Bonchev–Trinajstić information content (AvgIpc) is 2.37. The van der Waals surface area contributed by atoms with Gasteiger partial charge < -0.3 is 16.4 Å². The Hall–Kier alpha value is -2.11. The highest BCUT2D eigenvalue weighted by Gasteiger charge is 2.07. The number of carbonyl (C=O) groups is 2. The van der Waals surface area contributed by atoms with Gasteiger partial charge in [0, 0.05) is 19.5 Å². The van der Waals surface area contributed by atoms with Gasteiger partial charge >= 0.3 is 0 Å². The second kappa shape index (κ2) is 7.26. The minimum atomic E-state index is -0.307. The molecule has 4 N–H and O–H groups in total. The van der Waals surface area contributed by atoms with Crippen molar-refractivity contribution in [3.05, 3.63) is 24.0 Å². The zero-order valence-electron chi connectivity index (χ0n) is 10.4. The fraction of sp³-hybridized carbons (Fsp3) is 0.417. The molecule has 0 aromatic carbocycles. The summed E-state index contributed by atoms with van der Waals surface area (Å²) in [6.45, 7) is 2.93. The third kappa shape index (κ3) is 4.82. The SMILES string of the molecule is CCCNC(=O)CCNC(=O)c1ccc(N)cn1. The van der Waals surface area contributed by atoms with E-state index in [1.807, 2.05) is 6.92 Å². The fourth-order valence-electron chi connectivity index (χ4n) is 1.27. The van der Waals surface area contributed by atoms with Crippen LogP contribution in [0.3, 0.4) is 0 Å². The minimum Gasteiger partial charge on any atom is -0.397 e. The van der Waals surface area contributed by atoms with E-state index in [4.69, 9.17) is 5.73 Å². The Labute approximate surface area is 106 Å². The Morgan fingerprint density at radius 1 is 1.28 bits per heavy atom. The number of anilines is 1. The topological polar surface area (TPSA) is 97.1 Å². The van der Waals surface area contributed by atoms with Crippen LogP contribution in [0, 0.1) is 0 Å². The molecule has 6 nitrogen and oxygen atoms in total. The smallest absolute Gasteiger partial charge is 0.269 e. The lowest BCUT2D eigenvalue weighted by molar-refractivity contribution is -0.120. The first kappa shape index (κ1) is 14.0. The zero-order valence-corrected chi connectivity index (χ0v) is 10.4. The van der Waals surface area contributed by atoms with E-state index >= 15 is 0 Å². The molecule has 0 unspecified atom stereocenters. The summed E-state index contributed by atoms with van der Waals surface area (Å²) in [5, 5.41) is 5.35. The second-order valence-corrected chi connectivity index (χ2v) is 3.83. The van der Waals surface area contributed by atoms with Crippen LogP contribution in [0.25, 0.3) is 0 Å². The van der Waals surface area contributed by atoms with Crippen molar-refractivity contribution in [3.63, 3.8) is 0 Å². The Bertz CT molecular complexity index is 403. The summed E-state index contributed by atoms with van der Waals surface area (Å²) in [4.78, 5) is 26.8. The lowest BCUT2D eigenvalue weighted by Gasteiger charge is -2.05. The van der Waals surface area contributed by atoms with Crippen LogP contribution in [0.15, 0.2) is 18.3 Å². The van der Waals surface area contributed by atoms with Crippen molar-refractivity contribution in [1.82, 2.24) is 15.6 Å². The van der Waals surface area contributed by atoms with E-state index in [0.29, 0.717) is 18.8 Å². The van der Waals surface area contributed by atoms with Crippen molar-refractivity contribution in [3.8, 4) is 0 Å². The van der Waals surface area contributed by atoms with Crippen LogP contribution in [-0.4, -0.2) is 29.9 Å². The maximum absolute atomic E-state index is 11.6. The largest absolute Gasteiger partial charge is 0.397 e. The van der Waals surface area contributed by atoms with Crippen molar-refractivity contribution in [2.75, 3.05) is 18.8 Å². The van der Waals surface area contributed by atoms with Gasteiger partial charge in [-0.2, -0.15) is 0 Å². The molecule has 0 aliphatic heterocycles. The van der Waals surface area contributed by atoms with Gasteiger partial charge in [0.2, 0.25) is 5.91 Å². The number of nitrogen functional groups attached to an aromatic ring is 1. The van der Waals surface area contributed by atoms with Crippen molar-refractivity contribution in [1.29, 1.82) is 0 Å². The standard InChI is InChI=1S/C12H18N4O2/c1-2-6-14-11(17)5-7-15-12(18)10-4-3-9(13)8-16-10/h3-4,8H,2,5-7,13H2,1H3,(H,14,17)(H,15,18). The predicted octanol–water partition coefficient (Wildman–Crippen LogP) is 0.310. The molecular formula is C12H18N4O2. The number of hydrogen-bond acceptors (Lipinski definition) is 4. The van der Waals surface area contributed by atoms with E-state index in [0.717, 1.165) is 6.42 Å². The van der Waals surface area contributed by atoms with Gasteiger partial charge in [-0.05, 0) is 18.6 Å². The van der Waals surface area contributed by atoms with Gasteiger partial charge in [0.05, 0.1) is 11.9 Å². The number of hydrogen-bond donors (Lipinski definition) is 3. The Morgan fingerprint density at radius 3 is 2.67 bits per heavy atom. The molecule has 1 aromatic rings. The van der Waals surface area contributed by atoms with E-state index in [1.54, 1.807) is 12.1 Å². The highest BCUT2D eigenvalue weighted by Crippen LogP contribution is 2.00. The number of nitrogens with two attached hydrogens (primary N) is 1. The van der Waals surface area contributed by atoms with Gasteiger partial charge in [0.15, 0.2) is 0 Å². The highest BCUT2D eigenvalue weighted by molar-refractivity contribution is 5.92. The number of aromatic nitrogens is 1. The molecule has 1 rings (SSSR count). The number of nitrogens with one attached hydrogen (secondary N) is 2. The summed E-state index contributed by atoms with van der Waals surface area (Å²) in [6, 6.07) is 3.15. The molecule has 0 fully saturated rings.